The number of rotatable bonds is 6. The first-order chi connectivity index (χ1) is 13.5. The van der Waals surface area contributed by atoms with Crippen LogP contribution in [0, 0.1) is 11.6 Å². The van der Waals surface area contributed by atoms with Crippen LogP contribution in [-0.2, 0) is 6.54 Å². The second-order valence-electron chi connectivity index (χ2n) is 6.50. The summed E-state index contributed by atoms with van der Waals surface area (Å²) in [5.74, 6) is -2.05. The summed E-state index contributed by atoms with van der Waals surface area (Å²) in [6, 6.07) is 14.7. The third-order valence-electron chi connectivity index (χ3n) is 4.15. The van der Waals surface area contributed by atoms with Crippen molar-refractivity contribution in [3.05, 3.63) is 83.7 Å². The summed E-state index contributed by atoms with van der Waals surface area (Å²) >= 11 is 0. The molecule has 5 nitrogen and oxygen atoms in total. The number of anilines is 2. The Morgan fingerprint density at radius 1 is 1.04 bits per heavy atom. The van der Waals surface area contributed by atoms with Crippen LogP contribution in [0.2, 0.25) is 0 Å². The lowest BCUT2D eigenvalue weighted by atomic mass is 10.2. The Kier molecular flexibility index (Phi) is 5.93. The zero-order valence-corrected chi connectivity index (χ0v) is 15.6. The monoisotopic (exact) mass is 382 g/mol. The molecular formula is C21H20F2N4O. The zero-order chi connectivity index (χ0) is 20.1. The van der Waals surface area contributed by atoms with Crippen molar-refractivity contribution in [2.75, 3.05) is 10.2 Å². The summed E-state index contributed by atoms with van der Waals surface area (Å²) in [6.45, 7) is 4.55. The Balaban J connectivity index is 1.84. The van der Waals surface area contributed by atoms with Crippen LogP contribution < -0.4 is 10.2 Å². The molecule has 7 heteroatoms. The lowest BCUT2D eigenvalue weighted by Crippen LogP contribution is -2.32. The molecule has 0 radical (unpaired) electrons. The van der Waals surface area contributed by atoms with Crippen molar-refractivity contribution in [3.8, 4) is 0 Å². The predicted molar refractivity (Wildman–Crippen MR) is 104 cm³/mol. The first-order valence-electron chi connectivity index (χ1n) is 8.84. The minimum atomic E-state index is -0.851. The van der Waals surface area contributed by atoms with Gasteiger partial charge in [0.2, 0.25) is 5.95 Å². The maximum Gasteiger partial charge on any atom is 0.274 e. The van der Waals surface area contributed by atoms with Gasteiger partial charge in [-0.3, -0.25) is 4.79 Å². The van der Waals surface area contributed by atoms with E-state index in [4.69, 9.17) is 0 Å². The van der Waals surface area contributed by atoms with Gasteiger partial charge in [0.05, 0.1) is 0 Å². The summed E-state index contributed by atoms with van der Waals surface area (Å²) < 4.78 is 27.6. The quantitative estimate of drug-likeness (QED) is 0.686. The summed E-state index contributed by atoms with van der Waals surface area (Å²) in [4.78, 5) is 23.0. The van der Waals surface area contributed by atoms with Crippen LogP contribution in [0.5, 0.6) is 0 Å². The molecule has 1 heterocycles. The summed E-state index contributed by atoms with van der Waals surface area (Å²) in [7, 11) is 0. The van der Waals surface area contributed by atoms with Crippen LogP contribution >= 0.6 is 0 Å². The minimum absolute atomic E-state index is 0.0198. The predicted octanol–water partition coefficient (Wildman–Crippen LogP) is 4.42. The van der Waals surface area contributed by atoms with E-state index >= 15 is 0 Å². The lowest BCUT2D eigenvalue weighted by Gasteiger charge is -2.27. The molecule has 0 unspecified atom stereocenters. The normalized spacial score (nSPS) is 10.8. The van der Waals surface area contributed by atoms with Gasteiger partial charge in [-0.1, -0.05) is 36.4 Å². The molecule has 1 amide bonds. The Hall–Kier alpha value is -3.35. The van der Waals surface area contributed by atoms with E-state index in [-0.39, 0.29) is 11.7 Å². The molecule has 0 bridgehead atoms. The van der Waals surface area contributed by atoms with Gasteiger partial charge in [0.25, 0.3) is 5.91 Å². The number of nitrogens with zero attached hydrogens (tertiary/aromatic N) is 3. The van der Waals surface area contributed by atoms with E-state index in [0.717, 1.165) is 17.7 Å². The number of benzene rings is 2. The second-order valence-corrected chi connectivity index (χ2v) is 6.50. The molecule has 2 aromatic carbocycles. The van der Waals surface area contributed by atoms with Crippen molar-refractivity contribution in [3.63, 3.8) is 0 Å². The number of carbonyl (C=O) groups excluding carboxylic acids is 1. The topological polar surface area (TPSA) is 58.1 Å². The van der Waals surface area contributed by atoms with E-state index in [1.54, 1.807) is 0 Å². The molecule has 0 atom stereocenters. The van der Waals surface area contributed by atoms with E-state index in [0.29, 0.717) is 12.5 Å². The molecule has 3 aromatic rings. The summed E-state index contributed by atoms with van der Waals surface area (Å²) in [5, 5.41) is 2.24. The molecule has 0 saturated carbocycles. The van der Waals surface area contributed by atoms with Gasteiger partial charge in [0.15, 0.2) is 0 Å². The molecule has 144 valence electrons. The van der Waals surface area contributed by atoms with E-state index in [2.05, 4.69) is 15.3 Å². The Morgan fingerprint density at radius 3 is 2.36 bits per heavy atom. The minimum Gasteiger partial charge on any atom is -0.334 e. The maximum atomic E-state index is 13.8. The molecule has 0 spiro atoms. The van der Waals surface area contributed by atoms with Crippen LogP contribution in [-0.4, -0.2) is 21.9 Å². The molecule has 0 saturated heterocycles. The van der Waals surface area contributed by atoms with E-state index in [1.807, 2.05) is 49.1 Å². The Bertz CT molecular complexity index is 943. The SMILES string of the molecule is CC(C)N(Cc1ccccc1)c1nccc(C(=O)Nc2c(F)cccc2F)n1. The lowest BCUT2D eigenvalue weighted by molar-refractivity contribution is 0.102. The standard InChI is InChI=1S/C21H20F2N4O/c1-14(2)27(13-15-7-4-3-5-8-15)21-24-12-11-18(25-21)20(28)26-19-16(22)9-6-10-17(19)23/h3-12,14H,13H2,1-2H3,(H,26,28). The van der Waals surface area contributed by atoms with Crippen LogP contribution in [0.25, 0.3) is 0 Å². The number of nitrogens with one attached hydrogen (secondary N) is 1. The van der Waals surface area contributed by atoms with Crippen LogP contribution in [0.4, 0.5) is 20.4 Å². The van der Waals surface area contributed by atoms with Gasteiger partial charge in [-0.05, 0) is 37.6 Å². The molecule has 1 N–H and O–H groups in total. The highest BCUT2D eigenvalue weighted by molar-refractivity contribution is 6.03. The number of para-hydroxylation sites is 1. The van der Waals surface area contributed by atoms with Crippen molar-refractivity contribution in [2.24, 2.45) is 0 Å². The summed E-state index contributed by atoms with van der Waals surface area (Å²) in [6.07, 6.45) is 1.45. The number of hydrogen-bond donors (Lipinski definition) is 1. The molecule has 3 rings (SSSR count). The van der Waals surface area contributed by atoms with Crippen molar-refractivity contribution in [1.82, 2.24) is 9.97 Å². The van der Waals surface area contributed by atoms with E-state index in [9.17, 15) is 13.6 Å². The smallest absolute Gasteiger partial charge is 0.274 e. The fourth-order valence-electron chi connectivity index (χ4n) is 2.67. The van der Waals surface area contributed by atoms with Gasteiger partial charge in [-0.15, -0.1) is 0 Å². The maximum absolute atomic E-state index is 13.8. The fraction of sp³-hybridized carbons (Fsp3) is 0.190. The van der Waals surface area contributed by atoms with Gasteiger partial charge in [-0.25, -0.2) is 18.7 Å². The first kappa shape index (κ1) is 19.4. The van der Waals surface area contributed by atoms with E-state index in [1.165, 1.54) is 18.3 Å². The Labute approximate surface area is 162 Å². The van der Waals surface area contributed by atoms with Crippen molar-refractivity contribution < 1.29 is 13.6 Å². The largest absolute Gasteiger partial charge is 0.334 e. The number of amides is 1. The fourth-order valence-corrected chi connectivity index (χ4v) is 2.67. The first-order valence-corrected chi connectivity index (χ1v) is 8.84. The zero-order valence-electron chi connectivity index (χ0n) is 15.6. The molecule has 0 fully saturated rings. The third kappa shape index (κ3) is 4.49. The van der Waals surface area contributed by atoms with Crippen molar-refractivity contribution >= 4 is 17.5 Å². The molecular weight excluding hydrogens is 362 g/mol. The van der Waals surface area contributed by atoms with Crippen LogP contribution in [0.1, 0.15) is 29.9 Å². The van der Waals surface area contributed by atoms with Crippen molar-refractivity contribution in [1.29, 1.82) is 0 Å². The number of aromatic nitrogens is 2. The van der Waals surface area contributed by atoms with Gasteiger partial charge >= 0.3 is 0 Å². The van der Waals surface area contributed by atoms with Crippen molar-refractivity contribution in [2.45, 2.75) is 26.4 Å². The number of halogens is 2. The molecule has 0 aliphatic carbocycles. The molecule has 1 aromatic heterocycles. The van der Waals surface area contributed by atoms with Crippen LogP contribution in [0.15, 0.2) is 60.8 Å². The average molecular weight is 382 g/mol. The molecule has 0 aliphatic rings. The van der Waals surface area contributed by atoms with Crippen LogP contribution in [0.3, 0.4) is 0 Å². The van der Waals surface area contributed by atoms with Gasteiger partial charge < -0.3 is 10.2 Å². The van der Waals surface area contributed by atoms with Gasteiger partial charge in [0, 0.05) is 18.8 Å². The summed E-state index contributed by atoms with van der Waals surface area (Å²) in [5.41, 5.74) is 0.590. The molecule has 0 aliphatic heterocycles. The second kappa shape index (κ2) is 8.56. The third-order valence-corrected chi connectivity index (χ3v) is 4.15. The number of carbonyl (C=O) groups is 1. The highest BCUT2D eigenvalue weighted by Crippen LogP contribution is 2.20. The molecule has 28 heavy (non-hydrogen) atoms. The van der Waals surface area contributed by atoms with Gasteiger partial charge in [0.1, 0.15) is 23.0 Å². The number of hydrogen-bond acceptors (Lipinski definition) is 4. The highest BCUT2D eigenvalue weighted by Gasteiger charge is 2.18. The highest BCUT2D eigenvalue weighted by atomic mass is 19.1. The average Bonchev–Trinajstić information content (AvgIpc) is 2.69. The van der Waals surface area contributed by atoms with E-state index < -0.39 is 23.2 Å². The Morgan fingerprint density at radius 2 is 1.71 bits per heavy atom. The van der Waals surface area contributed by atoms with Gasteiger partial charge in [-0.2, -0.15) is 0 Å².